The van der Waals surface area contributed by atoms with Gasteiger partial charge in [0, 0.05) is 18.3 Å². The lowest BCUT2D eigenvalue weighted by Crippen LogP contribution is -2.33. The summed E-state index contributed by atoms with van der Waals surface area (Å²) in [4.78, 5) is 11.8. The molecule has 0 aliphatic rings. The first-order valence-electron chi connectivity index (χ1n) is 5.32. The molecule has 1 amide bonds. The molecule has 0 aliphatic carbocycles. The highest BCUT2D eigenvalue weighted by atomic mass is 16.3. The minimum Gasteiger partial charge on any atom is -0.398 e. The summed E-state index contributed by atoms with van der Waals surface area (Å²) in [7, 11) is 0. The molecule has 1 aromatic carbocycles. The third-order valence-corrected chi connectivity index (χ3v) is 2.39. The van der Waals surface area contributed by atoms with Gasteiger partial charge in [-0.2, -0.15) is 0 Å². The maximum atomic E-state index is 11.8. The van der Waals surface area contributed by atoms with Crippen molar-refractivity contribution in [3.8, 4) is 0 Å². The second-order valence-electron chi connectivity index (χ2n) is 3.98. The van der Waals surface area contributed by atoms with Gasteiger partial charge in [0.2, 0.25) is 0 Å². The second-order valence-corrected chi connectivity index (χ2v) is 3.98. The number of nitrogens with two attached hydrogens (primary N) is 1. The Morgan fingerprint density at radius 2 is 2.25 bits per heavy atom. The predicted molar refractivity (Wildman–Crippen MR) is 64.2 cm³/mol. The van der Waals surface area contributed by atoms with E-state index in [4.69, 9.17) is 10.8 Å². The van der Waals surface area contributed by atoms with Gasteiger partial charge < -0.3 is 16.2 Å². The van der Waals surface area contributed by atoms with Crippen LogP contribution < -0.4 is 11.1 Å². The lowest BCUT2D eigenvalue weighted by Gasteiger charge is -2.13. The maximum absolute atomic E-state index is 11.8. The monoisotopic (exact) mass is 222 g/mol. The highest BCUT2D eigenvalue weighted by Crippen LogP contribution is 2.13. The maximum Gasteiger partial charge on any atom is 0.253 e. The van der Waals surface area contributed by atoms with Gasteiger partial charge in [-0.1, -0.05) is 11.6 Å². The Balaban J connectivity index is 2.76. The molecule has 0 radical (unpaired) electrons. The van der Waals surface area contributed by atoms with Crippen molar-refractivity contribution in [2.24, 2.45) is 0 Å². The van der Waals surface area contributed by atoms with Crippen LogP contribution in [0.4, 0.5) is 5.69 Å². The van der Waals surface area contributed by atoms with Crippen LogP contribution in [-0.4, -0.2) is 23.7 Å². The third kappa shape index (κ3) is 3.24. The van der Waals surface area contributed by atoms with E-state index in [0.717, 1.165) is 5.56 Å². The van der Waals surface area contributed by atoms with E-state index >= 15 is 0 Å². The SMILES string of the molecule is Cc1ccc(N)c(C(=O)NC(C)CCO)c1. The summed E-state index contributed by atoms with van der Waals surface area (Å²) < 4.78 is 0. The fourth-order valence-electron chi connectivity index (χ4n) is 1.43. The van der Waals surface area contributed by atoms with Gasteiger partial charge in [-0.05, 0) is 32.4 Å². The molecule has 16 heavy (non-hydrogen) atoms. The second kappa shape index (κ2) is 5.51. The van der Waals surface area contributed by atoms with E-state index in [1.807, 2.05) is 19.9 Å². The summed E-state index contributed by atoms with van der Waals surface area (Å²) in [6.07, 6.45) is 0.539. The first-order chi connectivity index (χ1) is 7.54. The van der Waals surface area contributed by atoms with Crippen molar-refractivity contribution in [2.45, 2.75) is 26.3 Å². The topological polar surface area (TPSA) is 75.4 Å². The molecule has 0 saturated carbocycles. The predicted octanol–water partition coefficient (Wildman–Crippen LogP) is 1.08. The number of hydrogen-bond donors (Lipinski definition) is 3. The molecule has 88 valence electrons. The van der Waals surface area contributed by atoms with Crippen molar-refractivity contribution in [1.82, 2.24) is 5.32 Å². The van der Waals surface area contributed by atoms with Gasteiger partial charge in [0.25, 0.3) is 5.91 Å². The number of aliphatic hydroxyl groups is 1. The quantitative estimate of drug-likeness (QED) is 0.667. The Kier molecular flexibility index (Phi) is 4.31. The number of anilines is 1. The van der Waals surface area contributed by atoms with E-state index in [1.165, 1.54) is 0 Å². The molecule has 0 fully saturated rings. The normalized spacial score (nSPS) is 12.2. The summed E-state index contributed by atoms with van der Waals surface area (Å²) in [5.41, 5.74) is 7.69. The number of rotatable bonds is 4. The van der Waals surface area contributed by atoms with Gasteiger partial charge >= 0.3 is 0 Å². The molecule has 4 N–H and O–H groups in total. The zero-order chi connectivity index (χ0) is 12.1. The number of aliphatic hydroxyl groups excluding tert-OH is 1. The van der Waals surface area contributed by atoms with Gasteiger partial charge in [-0.25, -0.2) is 0 Å². The molecular formula is C12H18N2O2. The van der Waals surface area contributed by atoms with Gasteiger partial charge in [0.1, 0.15) is 0 Å². The van der Waals surface area contributed by atoms with Crippen molar-refractivity contribution < 1.29 is 9.90 Å². The number of benzene rings is 1. The number of amides is 1. The Bertz CT molecular complexity index is 377. The third-order valence-electron chi connectivity index (χ3n) is 2.39. The van der Waals surface area contributed by atoms with E-state index in [2.05, 4.69) is 5.32 Å². The average molecular weight is 222 g/mol. The molecule has 1 atom stereocenters. The molecular weight excluding hydrogens is 204 g/mol. The molecule has 0 bridgehead atoms. The van der Waals surface area contributed by atoms with E-state index in [9.17, 15) is 4.79 Å². The van der Waals surface area contributed by atoms with Crippen LogP contribution in [0.3, 0.4) is 0 Å². The molecule has 0 heterocycles. The summed E-state index contributed by atoms with van der Waals surface area (Å²) in [6.45, 7) is 3.82. The van der Waals surface area contributed by atoms with Gasteiger partial charge in [-0.3, -0.25) is 4.79 Å². The molecule has 1 aromatic rings. The zero-order valence-electron chi connectivity index (χ0n) is 9.66. The van der Waals surface area contributed by atoms with Gasteiger partial charge in [0.05, 0.1) is 5.56 Å². The lowest BCUT2D eigenvalue weighted by molar-refractivity contribution is 0.0935. The van der Waals surface area contributed by atoms with Crippen LogP contribution in [0.1, 0.15) is 29.3 Å². The van der Waals surface area contributed by atoms with Crippen LogP contribution in [0.15, 0.2) is 18.2 Å². The Morgan fingerprint density at radius 1 is 1.56 bits per heavy atom. The van der Waals surface area contributed by atoms with E-state index in [-0.39, 0.29) is 18.6 Å². The Morgan fingerprint density at radius 3 is 2.88 bits per heavy atom. The Hall–Kier alpha value is -1.55. The van der Waals surface area contributed by atoms with Crippen LogP contribution in [-0.2, 0) is 0 Å². The highest BCUT2D eigenvalue weighted by molar-refractivity contribution is 5.99. The Labute approximate surface area is 95.5 Å². The molecule has 0 aromatic heterocycles. The highest BCUT2D eigenvalue weighted by Gasteiger charge is 2.12. The lowest BCUT2D eigenvalue weighted by atomic mass is 10.1. The zero-order valence-corrected chi connectivity index (χ0v) is 9.66. The number of aryl methyl sites for hydroxylation is 1. The summed E-state index contributed by atoms with van der Waals surface area (Å²) in [5, 5.41) is 11.5. The fourth-order valence-corrected chi connectivity index (χ4v) is 1.43. The van der Waals surface area contributed by atoms with Crippen molar-refractivity contribution in [3.05, 3.63) is 29.3 Å². The van der Waals surface area contributed by atoms with Gasteiger partial charge in [0.15, 0.2) is 0 Å². The van der Waals surface area contributed by atoms with E-state index in [0.29, 0.717) is 17.7 Å². The molecule has 0 spiro atoms. The number of carbonyl (C=O) groups is 1. The average Bonchev–Trinajstić information content (AvgIpc) is 2.21. The van der Waals surface area contributed by atoms with Crippen LogP contribution in [0.25, 0.3) is 0 Å². The number of nitrogen functional groups attached to an aromatic ring is 1. The van der Waals surface area contributed by atoms with E-state index < -0.39 is 0 Å². The van der Waals surface area contributed by atoms with Crippen LogP contribution in [0.2, 0.25) is 0 Å². The smallest absolute Gasteiger partial charge is 0.253 e. The largest absolute Gasteiger partial charge is 0.398 e. The number of nitrogens with one attached hydrogen (secondary N) is 1. The standard InChI is InChI=1S/C12H18N2O2/c1-8-3-4-11(13)10(7-8)12(16)14-9(2)5-6-15/h3-4,7,9,15H,5-6,13H2,1-2H3,(H,14,16). The van der Waals surface area contributed by atoms with Crippen molar-refractivity contribution in [1.29, 1.82) is 0 Å². The van der Waals surface area contributed by atoms with Crippen LogP contribution >= 0.6 is 0 Å². The van der Waals surface area contributed by atoms with Crippen molar-refractivity contribution in [3.63, 3.8) is 0 Å². The summed E-state index contributed by atoms with van der Waals surface area (Å²) in [5.74, 6) is -0.192. The fraction of sp³-hybridized carbons (Fsp3) is 0.417. The first-order valence-corrected chi connectivity index (χ1v) is 5.32. The number of hydrogen-bond acceptors (Lipinski definition) is 3. The summed E-state index contributed by atoms with van der Waals surface area (Å²) in [6, 6.07) is 5.29. The van der Waals surface area contributed by atoms with Gasteiger partial charge in [-0.15, -0.1) is 0 Å². The van der Waals surface area contributed by atoms with Crippen LogP contribution in [0.5, 0.6) is 0 Å². The van der Waals surface area contributed by atoms with E-state index in [1.54, 1.807) is 12.1 Å². The molecule has 0 aliphatic heterocycles. The minimum atomic E-state index is -0.192. The van der Waals surface area contributed by atoms with Crippen LogP contribution in [0, 0.1) is 6.92 Å². The minimum absolute atomic E-state index is 0.0580. The first kappa shape index (κ1) is 12.5. The number of carbonyl (C=O) groups excluding carboxylic acids is 1. The molecule has 0 saturated heterocycles. The summed E-state index contributed by atoms with van der Waals surface area (Å²) >= 11 is 0. The van der Waals surface area contributed by atoms with Crippen molar-refractivity contribution in [2.75, 3.05) is 12.3 Å². The molecule has 4 heteroatoms. The molecule has 1 unspecified atom stereocenters. The molecule has 1 rings (SSSR count). The van der Waals surface area contributed by atoms with Crippen molar-refractivity contribution >= 4 is 11.6 Å². The molecule has 4 nitrogen and oxygen atoms in total.